The van der Waals surface area contributed by atoms with Crippen LogP contribution in [0.4, 0.5) is 0 Å². The Labute approximate surface area is 144 Å². The van der Waals surface area contributed by atoms with Crippen molar-refractivity contribution >= 4 is 21.2 Å². The van der Waals surface area contributed by atoms with Gasteiger partial charge in [-0.15, -0.1) is 0 Å². The first kappa shape index (κ1) is 17.2. The van der Waals surface area contributed by atoms with Crippen LogP contribution in [0.1, 0.15) is 27.0 Å². The first-order chi connectivity index (χ1) is 11.7. The summed E-state index contributed by atoms with van der Waals surface area (Å²) in [6.45, 7) is 1.83. The molecule has 0 saturated heterocycles. The molecule has 1 aromatic carbocycles. The summed E-state index contributed by atoms with van der Waals surface area (Å²) >= 11 is 0. The summed E-state index contributed by atoms with van der Waals surface area (Å²) in [5, 5.41) is 2.66. The lowest BCUT2D eigenvalue weighted by Crippen LogP contribution is -2.20. The minimum absolute atomic E-state index is 0.00145. The summed E-state index contributed by atoms with van der Waals surface area (Å²) in [7, 11) is -2.00. The smallest absolute Gasteiger partial charge is 0.277 e. The van der Waals surface area contributed by atoms with Gasteiger partial charge in [0, 0.05) is 42.4 Å². The van der Waals surface area contributed by atoms with E-state index in [0.29, 0.717) is 16.7 Å². The molecule has 0 spiro atoms. The number of sulfone groups is 1. The molecule has 8 nitrogen and oxygen atoms in total. The van der Waals surface area contributed by atoms with Crippen LogP contribution in [0, 0.1) is 6.92 Å². The molecule has 25 heavy (non-hydrogen) atoms. The van der Waals surface area contributed by atoms with Crippen LogP contribution in [0.2, 0.25) is 0 Å². The minimum Gasteiger partial charge on any atom is -0.302 e. The largest absolute Gasteiger partial charge is 0.302 e. The standard InChI is InChI=1S/C16H17N3O5S/c1-9-11(15(20)12-7-17-19(2)16(12)21)4-5-13(25(3,22)23)14(9)10-6-18-24-8-10/h4-7,17-18H,8H2,1-3H3. The van der Waals surface area contributed by atoms with Gasteiger partial charge in [-0.3, -0.25) is 24.6 Å². The van der Waals surface area contributed by atoms with E-state index in [1.165, 1.54) is 30.1 Å². The van der Waals surface area contributed by atoms with Crippen molar-refractivity contribution in [2.24, 2.45) is 7.05 Å². The molecule has 2 N–H and O–H groups in total. The van der Waals surface area contributed by atoms with Crippen LogP contribution in [0.3, 0.4) is 0 Å². The van der Waals surface area contributed by atoms with Crippen molar-refractivity contribution in [1.29, 1.82) is 0 Å². The lowest BCUT2D eigenvalue weighted by atomic mass is 9.93. The molecule has 0 aliphatic carbocycles. The number of aromatic nitrogens is 2. The fourth-order valence-electron chi connectivity index (χ4n) is 2.83. The van der Waals surface area contributed by atoms with Gasteiger partial charge in [-0.2, -0.15) is 0 Å². The molecule has 3 rings (SSSR count). The van der Waals surface area contributed by atoms with Gasteiger partial charge in [-0.25, -0.2) is 8.42 Å². The van der Waals surface area contributed by atoms with Crippen molar-refractivity contribution in [3.63, 3.8) is 0 Å². The van der Waals surface area contributed by atoms with E-state index >= 15 is 0 Å². The third-order valence-electron chi connectivity index (χ3n) is 4.12. The highest BCUT2D eigenvalue weighted by molar-refractivity contribution is 7.90. The molecule has 9 heteroatoms. The van der Waals surface area contributed by atoms with Gasteiger partial charge < -0.3 is 5.10 Å². The first-order valence-electron chi connectivity index (χ1n) is 7.41. The van der Waals surface area contributed by atoms with Gasteiger partial charge in [0.2, 0.25) is 0 Å². The average Bonchev–Trinajstić information content (AvgIpc) is 3.17. The summed E-state index contributed by atoms with van der Waals surface area (Å²) in [6.07, 6.45) is 4.01. The highest BCUT2D eigenvalue weighted by Crippen LogP contribution is 2.31. The SMILES string of the molecule is Cc1c(C(=O)c2c[nH]n(C)c2=O)ccc(S(C)(=O)=O)c1C1=CNOC1. The number of nitrogens with zero attached hydrogens (tertiary/aromatic N) is 1. The molecule has 1 aliphatic rings. The maximum atomic E-state index is 12.8. The first-order valence-corrected chi connectivity index (χ1v) is 9.30. The Morgan fingerprint density at radius 1 is 1.28 bits per heavy atom. The zero-order valence-corrected chi connectivity index (χ0v) is 14.7. The van der Waals surface area contributed by atoms with Crippen molar-refractivity contribution in [3.8, 4) is 0 Å². The predicted octanol–water partition coefficient (Wildman–Crippen LogP) is 0.532. The minimum atomic E-state index is -3.51. The molecule has 2 aromatic rings. The summed E-state index contributed by atoms with van der Waals surface area (Å²) in [5.41, 5.74) is 3.92. The number of carbonyl (C=O) groups excluding carboxylic acids is 1. The Morgan fingerprint density at radius 3 is 2.52 bits per heavy atom. The predicted molar refractivity (Wildman–Crippen MR) is 90.8 cm³/mol. The molecule has 0 saturated carbocycles. The summed E-state index contributed by atoms with van der Waals surface area (Å²) in [4.78, 5) is 30.0. The van der Waals surface area contributed by atoms with Crippen LogP contribution >= 0.6 is 0 Å². The topological polar surface area (TPSA) is 110 Å². The molecule has 1 aromatic heterocycles. The zero-order valence-electron chi connectivity index (χ0n) is 13.9. The third kappa shape index (κ3) is 2.92. The Balaban J connectivity index is 2.23. The Kier molecular flexibility index (Phi) is 4.13. The van der Waals surface area contributed by atoms with E-state index in [4.69, 9.17) is 4.84 Å². The lowest BCUT2D eigenvalue weighted by Gasteiger charge is -2.14. The quantitative estimate of drug-likeness (QED) is 0.767. The number of rotatable bonds is 4. The van der Waals surface area contributed by atoms with Crippen LogP contribution in [0.15, 0.2) is 34.2 Å². The van der Waals surface area contributed by atoms with Gasteiger partial charge in [0.1, 0.15) is 12.2 Å². The molecule has 0 fully saturated rings. The van der Waals surface area contributed by atoms with Crippen LogP contribution in [0.5, 0.6) is 0 Å². The maximum Gasteiger partial charge on any atom is 0.277 e. The second kappa shape index (κ2) is 6.01. The Morgan fingerprint density at radius 2 is 2.00 bits per heavy atom. The number of carbonyl (C=O) groups is 1. The number of nitrogens with one attached hydrogen (secondary N) is 2. The highest BCUT2D eigenvalue weighted by atomic mass is 32.2. The molecule has 0 unspecified atom stereocenters. The summed E-state index contributed by atoms with van der Waals surface area (Å²) in [6, 6.07) is 2.83. The molecule has 132 valence electrons. The van der Waals surface area contributed by atoms with Crippen LogP contribution in [-0.2, 0) is 21.7 Å². The van der Waals surface area contributed by atoms with Gasteiger partial charge in [-0.1, -0.05) is 0 Å². The molecule has 0 atom stereocenters. The second-order valence-electron chi connectivity index (χ2n) is 5.84. The average molecular weight is 363 g/mol. The summed E-state index contributed by atoms with van der Waals surface area (Å²) in [5.74, 6) is -0.465. The van der Waals surface area contributed by atoms with Gasteiger partial charge in [0.15, 0.2) is 15.6 Å². The number of aryl methyl sites for hydroxylation is 1. The summed E-state index contributed by atoms with van der Waals surface area (Å²) < 4.78 is 25.5. The van der Waals surface area contributed by atoms with E-state index in [1.807, 2.05) is 0 Å². The second-order valence-corrected chi connectivity index (χ2v) is 7.82. The Hall–Kier alpha value is -2.65. The molecule has 0 bridgehead atoms. The number of hydroxylamine groups is 1. The van der Waals surface area contributed by atoms with Crippen molar-refractivity contribution in [2.45, 2.75) is 11.8 Å². The molecular formula is C16H17N3O5S. The molecule has 0 radical (unpaired) electrons. The van der Waals surface area contributed by atoms with E-state index in [-0.39, 0.29) is 22.6 Å². The van der Waals surface area contributed by atoms with Gasteiger partial charge >= 0.3 is 0 Å². The third-order valence-corrected chi connectivity index (χ3v) is 5.26. The molecular weight excluding hydrogens is 346 g/mol. The molecule has 2 heterocycles. The molecule has 0 amide bonds. The van der Waals surface area contributed by atoms with E-state index < -0.39 is 21.2 Å². The van der Waals surface area contributed by atoms with E-state index in [2.05, 4.69) is 10.6 Å². The van der Waals surface area contributed by atoms with Crippen LogP contribution in [0.25, 0.3) is 5.57 Å². The number of hydrogen-bond acceptors (Lipinski definition) is 6. The van der Waals surface area contributed by atoms with Crippen molar-refractivity contribution in [3.05, 3.63) is 57.1 Å². The fraction of sp³-hybridized carbons (Fsp3) is 0.250. The van der Waals surface area contributed by atoms with Crippen molar-refractivity contribution < 1.29 is 18.0 Å². The Bertz CT molecular complexity index is 1060. The van der Waals surface area contributed by atoms with E-state index in [0.717, 1.165) is 6.26 Å². The monoisotopic (exact) mass is 363 g/mol. The van der Waals surface area contributed by atoms with Gasteiger partial charge in [0.05, 0.1) is 4.90 Å². The normalized spacial score (nSPS) is 14.3. The van der Waals surface area contributed by atoms with Crippen LogP contribution < -0.4 is 11.0 Å². The lowest BCUT2D eigenvalue weighted by molar-refractivity contribution is 0.103. The molecule has 1 aliphatic heterocycles. The zero-order chi connectivity index (χ0) is 18.4. The van der Waals surface area contributed by atoms with Gasteiger partial charge in [0.25, 0.3) is 5.56 Å². The highest BCUT2D eigenvalue weighted by Gasteiger charge is 2.26. The number of H-pyrrole nitrogens is 1. The van der Waals surface area contributed by atoms with Crippen molar-refractivity contribution in [1.82, 2.24) is 15.3 Å². The van der Waals surface area contributed by atoms with Crippen molar-refractivity contribution in [2.75, 3.05) is 12.9 Å². The van der Waals surface area contributed by atoms with E-state index in [1.54, 1.807) is 13.1 Å². The maximum absolute atomic E-state index is 12.8. The fourth-order valence-corrected chi connectivity index (χ4v) is 3.80. The van der Waals surface area contributed by atoms with Crippen LogP contribution in [-0.4, -0.2) is 36.8 Å². The van der Waals surface area contributed by atoms with E-state index in [9.17, 15) is 18.0 Å². The number of hydrogen-bond donors (Lipinski definition) is 2. The number of benzene rings is 1. The number of ketones is 1. The number of aromatic amines is 1. The van der Waals surface area contributed by atoms with Gasteiger partial charge in [-0.05, 0) is 24.6 Å².